The van der Waals surface area contributed by atoms with E-state index >= 15 is 0 Å². The number of imide groups is 1. The Labute approximate surface area is 135 Å². The molecule has 120 valence electrons. The van der Waals surface area contributed by atoms with Gasteiger partial charge in [-0.15, -0.1) is 0 Å². The number of rotatable bonds is 2. The summed E-state index contributed by atoms with van der Waals surface area (Å²) in [6, 6.07) is 10.2. The molecule has 0 fully saturated rings. The van der Waals surface area contributed by atoms with E-state index in [9.17, 15) is 9.59 Å². The summed E-state index contributed by atoms with van der Waals surface area (Å²) < 4.78 is 0. The molecule has 0 aliphatic heterocycles. The molecule has 3 amide bonds. The number of urea groups is 1. The largest absolute Gasteiger partial charge is 0.338 e. The molecule has 1 aromatic carbocycles. The maximum atomic E-state index is 13.1. The highest BCUT2D eigenvalue weighted by Crippen LogP contribution is 2.26. The van der Waals surface area contributed by atoms with Gasteiger partial charge in [-0.05, 0) is 39.0 Å². The van der Waals surface area contributed by atoms with Gasteiger partial charge in [0, 0.05) is 24.9 Å². The van der Waals surface area contributed by atoms with Crippen LogP contribution in [0.15, 0.2) is 48.8 Å². The predicted molar refractivity (Wildman–Crippen MR) is 88.3 cm³/mol. The van der Waals surface area contributed by atoms with Crippen LogP contribution >= 0.6 is 0 Å². The van der Waals surface area contributed by atoms with Crippen LogP contribution in [-0.2, 0) is 4.79 Å². The molecular formula is C17H20N4O2. The number of carbonyl (C=O) groups is 2. The lowest BCUT2D eigenvalue weighted by molar-refractivity contribution is -0.129. The third-order valence-corrected chi connectivity index (χ3v) is 3.13. The number of hydrogen-bond donors (Lipinski definition) is 0. The van der Waals surface area contributed by atoms with Gasteiger partial charge in [0.05, 0.1) is 5.69 Å². The zero-order valence-corrected chi connectivity index (χ0v) is 13.7. The van der Waals surface area contributed by atoms with E-state index in [1.165, 1.54) is 16.7 Å². The zero-order chi connectivity index (χ0) is 17.0. The van der Waals surface area contributed by atoms with Crippen LogP contribution in [0.1, 0.15) is 27.7 Å². The van der Waals surface area contributed by atoms with Gasteiger partial charge in [0.15, 0.2) is 0 Å². The van der Waals surface area contributed by atoms with Crippen LogP contribution in [0.5, 0.6) is 0 Å². The molecule has 6 nitrogen and oxygen atoms in total. The Kier molecular flexibility index (Phi) is 4.74. The second-order valence-corrected chi connectivity index (χ2v) is 6.03. The maximum Gasteiger partial charge on any atom is 0.338 e. The molecule has 0 aliphatic carbocycles. The Hall–Kier alpha value is -2.76. The van der Waals surface area contributed by atoms with Crippen LogP contribution < -0.4 is 4.90 Å². The van der Waals surface area contributed by atoms with Crippen molar-refractivity contribution >= 4 is 23.6 Å². The van der Waals surface area contributed by atoms with E-state index in [0.717, 1.165) is 0 Å². The first-order chi connectivity index (χ1) is 10.8. The zero-order valence-electron chi connectivity index (χ0n) is 13.7. The van der Waals surface area contributed by atoms with Gasteiger partial charge < -0.3 is 0 Å². The molecule has 1 aromatic heterocycles. The molecule has 0 N–H and O–H groups in total. The highest BCUT2D eigenvalue weighted by Gasteiger charge is 2.35. The van der Waals surface area contributed by atoms with E-state index in [4.69, 9.17) is 0 Å². The second kappa shape index (κ2) is 6.56. The van der Waals surface area contributed by atoms with Gasteiger partial charge in [0.2, 0.25) is 11.9 Å². The van der Waals surface area contributed by atoms with Crippen LogP contribution in [0.3, 0.4) is 0 Å². The summed E-state index contributed by atoms with van der Waals surface area (Å²) >= 11 is 0. The summed E-state index contributed by atoms with van der Waals surface area (Å²) in [5.74, 6) is -0.112. The minimum atomic E-state index is -0.662. The van der Waals surface area contributed by atoms with Crippen LogP contribution in [-0.4, -0.2) is 32.3 Å². The van der Waals surface area contributed by atoms with Gasteiger partial charge >= 0.3 is 6.03 Å². The molecule has 23 heavy (non-hydrogen) atoms. The lowest BCUT2D eigenvalue weighted by Crippen LogP contribution is -2.53. The van der Waals surface area contributed by atoms with Gasteiger partial charge in [0.1, 0.15) is 0 Å². The van der Waals surface area contributed by atoms with Crippen molar-refractivity contribution in [1.29, 1.82) is 0 Å². The van der Waals surface area contributed by atoms with Gasteiger partial charge in [-0.3, -0.25) is 9.69 Å². The fourth-order valence-corrected chi connectivity index (χ4v) is 2.29. The number of aromatic nitrogens is 2. The number of amides is 3. The van der Waals surface area contributed by atoms with E-state index in [1.54, 1.807) is 51.4 Å². The molecule has 6 heteroatoms. The first-order valence-corrected chi connectivity index (χ1v) is 7.29. The van der Waals surface area contributed by atoms with Crippen molar-refractivity contribution in [3.63, 3.8) is 0 Å². The summed E-state index contributed by atoms with van der Waals surface area (Å²) in [4.78, 5) is 36.0. The molecule has 2 aromatic rings. The van der Waals surface area contributed by atoms with Gasteiger partial charge in [-0.1, -0.05) is 18.2 Å². The van der Waals surface area contributed by atoms with Crippen molar-refractivity contribution in [3.8, 4) is 0 Å². The fourth-order valence-electron chi connectivity index (χ4n) is 2.29. The monoisotopic (exact) mass is 312 g/mol. The maximum absolute atomic E-state index is 13.1. The van der Waals surface area contributed by atoms with E-state index in [1.807, 2.05) is 18.2 Å². The predicted octanol–water partition coefficient (Wildman–Crippen LogP) is 3.38. The van der Waals surface area contributed by atoms with Crippen molar-refractivity contribution in [2.75, 3.05) is 4.90 Å². The standard InChI is InChI=1S/C17H20N4O2/c1-13(22)21(17(2,3)4)16(23)20(14-9-6-5-7-10-14)15-18-11-8-12-19-15/h5-12H,1-4H3. The molecule has 0 saturated carbocycles. The second-order valence-electron chi connectivity index (χ2n) is 6.03. The molecule has 0 radical (unpaired) electrons. The van der Waals surface area contributed by atoms with Crippen LogP contribution in [0, 0.1) is 0 Å². The smallest absolute Gasteiger partial charge is 0.275 e. The Morgan fingerprint density at radius 3 is 2.00 bits per heavy atom. The Morgan fingerprint density at radius 1 is 0.957 bits per heavy atom. The molecule has 0 bridgehead atoms. The van der Waals surface area contributed by atoms with Gasteiger partial charge in [0.25, 0.3) is 0 Å². The molecular weight excluding hydrogens is 292 g/mol. The van der Waals surface area contributed by atoms with E-state index < -0.39 is 11.6 Å². The average molecular weight is 312 g/mol. The summed E-state index contributed by atoms with van der Waals surface area (Å²) in [7, 11) is 0. The summed E-state index contributed by atoms with van der Waals surface area (Å²) in [6.07, 6.45) is 3.11. The highest BCUT2D eigenvalue weighted by atomic mass is 16.2. The number of carbonyl (C=O) groups excluding carboxylic acids is 2. The quantitative estimate of drug-likeness (QED) is 0.852. The summed E-state index contributed by atoms with van der Waals surface area (Å²) in [5.41, 5.74) is -0.0655. The van der Waals surface area contributed by atoms with E-state index in [-0.39, 0.29) is 11.9 Å². The third-order valence-electron chi connectivity index (χ3n) is 3.13. The average Bonchev–Trinajstić information content (AvgIpc) is 2.48. The van der Waals surface area contributed by atoms with E-state index in [2.05, 4.69) is 9.97 Å². The summed E-state index contributed by atoms with van der Waals surface area (Å²) in [6.45, 7) is 6.79. The summed E-state index contributed by atoms with van der Waals surface area (Å²) in [5, 5.41) is 0. The minimum absolute atomic E-state index is 0.221. The topological polar surface area (TPSA) is 66.4 Å². The number of para-hydroxylation sites is 1. The molecule has 0 saturated heterocycles. The lowest BCUT2D eigenvalue weighted by Gasteiger charge is -2.36. The number of benzene rings is 1. The van der Waals surface area contributed by atoms with Gasteiger partial charge in [-0.2, -0.15) is 0 Å². The molecule has 1 heterocycles. The van der Waals surface area contributed by atoms with Crippen LogP contribution in [0.4, 0.5) is 16.4 Å². The Bertz CT molecular complexity index is 641. The number of nitrogens with zero attached hydrogens (tertiary/aromatic N) is 4. The van der Waals surface area contributed by atoms with Crippen LogP contribution in [0.25, 0.3) is 0 Å². The first-order valence-electron chi connectivity index (χ1n) is 7.29. The van der Waals surface area contributed by atoms with Crippen molar-refractivity contribution in [2.45, 2.75) is 33.2 Å². The molecule has 2 rings (SSSR count). The van der Waals surface area contributed by atoms with Gasteiger partial charge in [-0.25, -0.2) is 19.7 Å². The highest BCUT2D eigenvalue weighted by molar-refractivity contribution is 6.06. The molecule has 0 spiro atoms. The third kappa shape index (κ3) is 3.71. The number of hydrogen-bond acceptors (Lipinski definition) is 4. The van der Waals surface area contributed by atoms with Crippen molar-refractivity contribution in [2.24, 2.45) is 0 Å². The SMILES string of the molecule is CC(=O)N(C(=O)N(c1ccccc1)c1ncccn1)C(C)(C)C. The lowest BCUT2D eigenvalue weighted by atomic mass is 10.1. The molecule has 0 unspecified atom stereocenters. The van der Waals surface area contributed by atoms with Crippen molar-refractivity contribution in [3.05, 3.63) is 48.8 Å². The normalized spacial score (nSPS) is 11.0. The fraction of sp³-hybridized carbons (Fsp3) is 0.294. The minimum Gasteiger partial charge on any atom is -0.275 e. The number of anilines is 2. The molecule has 0 atom stereocenters. The molecule has 0 aliphatic rings. The van der Waals surface area contributed by atoms with E-state index in [0.29, 0.717) is 5.69 Å². The van der Waals surface area contributed by atoms with Crippen molar-refractivity contribution in [1.82, 2.24) is 14.9 Å². The Balaban J connectivity index is 2.54. The first kappa shape index (κ1) is 16.6. The van der Waals surface area contributed by atoms with Crippen LogP contribution in [0.2, 0.25) is 0 Å². The Morgan fingerprint density at radius 2 is 1.52 bits per heavy atom. The van der Waals surface area contributed by atoms with Crippen molar-refractivity contribution < 1.29 is 9.59 Å².